The van der Waals surface area contributed by atoms with Crippen LogP contribution in [0.4, 0.5) is 0 Å². The molecule has 10 heavy (non-hydrogen) atoms. The molecule has 0 unspecified atom stereocenters. The second-order valence-electron chi connectivity index (χ2n) is 1.84. The molecular formula is C5H9N5. The van der Waals surface area contributed by atoms with E-state index in [4.69, 9.17) is 11.5 Å². The van der Waals surface area contributed by atoms with E-state index in [0.29, 0.717) is 0 Å². The van der Waals surface area contributed by atoms with E-state index in [1.807, 2.05) is 6.92 Å². The maximum absolute atomic E-state index is 5.13. The topological polar surface area (TPSA) is 82.2 Å². The first-order valence-electron chi connectivity index (χ1n) is 2.80. The number of aromatic nitrogens is 2. The zero-order valence-electron chi connectivity index (χ0n) is 5.65. The summed E-state index contributed by atoms with van der Waals surface area (Å²) in [6, 6.07) is 0. The van der Waals surface area contributed by atoms with Crippen LogP contribution in [0.1, 0.15) is 5.82 Å². The smallest absolute Gasteiger partial charge is 0.209 e. The van der Waals surface area contributed by atoms with Crippen molar-refractivity contribution in [1.29, 1.82) is 0 Å². The van der Waals surface area contributed by atoms with Gasteiger partial charge in [0, 0.05) is 12.4 Å². The van der Waals surface area contributed by atoms with Crippen LogP contribution in [0.2, 0.25) is 0 Å². The molecule has 0 aliphatic carbocycles. The fraction of sp³-hybridized carbons (Fsp3) is 0.200. The van der Waals surface area contributed by atoms with Gasteiger partial charge in [0.2, 0.25) is 5.96 Å². The predicted molar refractivity (Wildman–Crippen MR) is 38.2 cm³/mol. The molecule has 0 aliphatic heterocycles. The van der Waals surface area contributed by atoms with Crippen LogP contribution in [-0.4, -0.2) is 15.6 Å². The van der Waals surface area contributed by atoms with Crippen molar-refractivity contribution in [2.24, 2.45) is 16.6 Å². The van der Waals surface area contributed by atoms with Crippen LogP contribution in [0, 0.1) is 6.92 Å². The Bertz CT molecular complexity index is 244. The van der Waals surface area contributed by atoms with Crippen LogP contribution < -0.4 is 11.5 Å². The van der Waals surface area contributed by atoms with E-state index in [0.717, 1.165) is 5.82 Å². The van der Waals surface area contributed by atoms with Crippen molar-refractivity contribution in [1.82, 2.24) is 9.66 Å². The highest BCUT2D eigenvalue weighted by Crippen LogP contribution is 1.92. The first-order chi connectivity index (χ1) is 4.70. The van der Waals surface area contributed by atoms with Crippen molar-refractivity contribution in [3.05, 3.63) is 18.2 Å². The van der Waals surface area contributed by atoms with Crippen LogP contribution in [0.3, 0.4) is 0 Å². The lowest BCUT2D eigenvalue weighted by atomic mass is 10.7. The van der Waals surface area contributed by atoms with Crippen molar-refractivity contribution >= 4 is 5.96 Å². The molecule has 0 aromatic carbocycles. The average molecular weight is 139 g/mol. The van der Waals surface area contributed by atoms with E-state index < -0.39 is 0 Å². The van der Waals surface area contributed by atoms with E-state index in [-0.39, 0.29) is 5.96 Å². The van der Waals surface area contributed by atoms with Crippen LogP contribution in [-0.2, 0) is 0 Å². The maximum atomic E-state index is 5.13. The van der Waals surface area contributed by atoms with Gasteiger partial charge in [-0.2, -0.15) is 0 Å². The Morgan fingerprint density at radius 2 is 2.40 bits per heavy atom. The summed E-state index contributed by atoms with van der Waals surface area (Å²) in [5.74, 6) is 0.787. The summed E-state index contributed by atoms with van der Waals surface area (Å²) in [4.78, 5) is 3.91. The zero-order valence-corrected chi connectivity index (χ0v) is 5.65. The third kappa shape index (κ3) is 1.25. The summed E-state index contributed by atoms with van der Waals surface area (Å²) in [5, 5.41) is 3.75. The molecule has 1 aromatic rings. The molecule has 0 fully saturated rings. The van der Waals surface area contributed by atoms with Gasteiger partial charge in [0.25, 0.3) is 0 Å². The monoisotopic (exact) mass is 139 g/mol. The molecule has 0 saturated heterocycles. The lowest BCUT2D eigenvalue weighted by Gasteiger charge is -1.94. The van der Waals surface area contributed by atoms with Crippen molar-refractivity contribution in [2.45, 2.75) is 6.92 Å². The fourth-order valence-corrected chi connectivity index (χ4v) is 0.601. The molecule has 0 saturated carbocycles. The Balaban J connectivity index is 2.95. The van der Waals surface area contributed by atoms with Gasteiger partial charge < -0.3 is 11.5 Å². The molecule has 0 atom stereocenters. The molecule has 0 spiro atoms. The number of nitrogens with two attached hydrogens (primary N) is 2. The van der Waals surface area contributed by atoms with Crippen LogP contribution in [0.15, 0.2) is 17.5 Å². The Morgan fingerprint density at radius 1 is 1.70 bits per heavy atom. The molecule has 1 rings (SSSR count). The summed E-state index contributed by atoms with van der Waals surface area (Å²) < 4.78 is 1.51. The van der Waals surface area contributed by atoms with Crippen molar-refractivity contribution in [3.8, 4) is 0 Å². The highest BCUT2D eigenvalue weighted by Gasteiger charge is 1.91. The van der Waals surface area contributed by atoms with E-state index in [1.54, 1.807) is 12.4 Å². The number of hydrogen-bond donors (Lipinski definition) is 2. The molecule has 0 amide bonds. The standard InChI is InChI=1S/C5H9N5/c1-4-8-2-3-10(4)9-5(6)7/h2-3H,1H3,(H4,6,7,9). The normalized spacial score (nSPS) is 9.30. The highest BCUT2D eigenvalue weighted by molar-refractivity contribution is 5.75. The van der Waals surface area contributed by atoms with Crippen molar-refractivity contribution in [3.63, 3.8) is 0 Å². The second-order valence-corrected chi connectivity index (χ2v) is 1.84. The number of aryl methyl sites for hydroxylation is 1. The largest absolute Gasteiger partial charge is 0.369 e. The van der Waals surface area contributed by atoms with Gasteiger partial charge in [-0.15, -0.1) is 5.10 Å². The lowest BCUT2D eigenvalue weighted by molar-refractivity contribution is 0.822. The number of imidazole rings is 1. The summed E-state index contributed by atoms with van der Waals surface area (Å²) in [5.41, 5.74) is 10.3. The molecular weight excluding hydrogens is 130 g/mol. The van der Waals surface area contributed by atoms with Gasteiger partial charge in [0.15, 0.2) is 0 Å². The van der Waals surface area contributed by atoms with Gasteiger partial charge >= 0.3 is 0 Å². The van der Waals surface area contributed by atoms with Crippen molar-refractivity contribution in [2.75, 3.05) is 0 Å². The molecule has 5 heteroatoms. The van der Waals surface area contributed by atoms with Gasteiger partial charge in [-0.1, -0.05) is 0 Å². The minimum atomic E-state index is 0.0288. The minimum Gasteiger partial charge on any atom is -0.369 e. The molecule has 54 valence electrons. The Morgan fingerprint density at radius 3 is 2.80 bits per heavy atom. The predicted octanol–water partition coefficient (Wildman–Crippen LogP) is -0.772. The molecule has 0 radical (unpaired) electrons. The maximum Gasteiger partial charge on any atom is 0.209 e. The lowest BCUT2D eigenvalue weighted by Crippen LogP contribution is -2.23. The summed E-state index contributed by atoms with van der Waals surface area (Å²) >= 11 is 0. The van der Waals surface area contributed by atoms with Crippen LogP contribution in [0.5, 0.6) is 0 Å². The number of rotatable bonds is 1. The van der Waals surface area contributed by atoms with Gasteiger partial charge in [-0.25, -0.2) is 9.66 Å². The first kappa shape index (κ1) is 6.60. The molecule has 0 aliphatic rings. The van der Waals surface area contributed by atoms with Crippen molar-refractivity contribution < 1.29 is 0 Å². The van der Waals surface area contributed by atoms with E-state index in [9.17, 15) is 0 Å². The second kappa shape index (κ2) is 2.38. The molecule has 1 aromatic heterocycles. The van der Waals surface area contributed by atoms with E-state index >= 15 is 0 Å². The molecule has 0 bridgehead atoms. The minimum absolute atomic E-state index is 0.0288. The fourth-order valence-electron chi connectivity index (χ4n) is 0.601. The third-order valence-corrected chi connectivity index (χ3v) is 1.02. The third-order valence-electron chi connectivity index (χ3n) is 1.02. The Labute approximate surface area is 58.3 Å². The SMILES string of the molecule is Cc1nccn1N=C(N)N. The van der Waals surface area contributed by atoms with Gasteiger partial charge in [-0.3, -0.25) is 0 Å². The zero-order chi connectivity index (χ0) is 7.56. The quantitative estimate of drug-likeness (QED) is 0.396. The Hall–Kier alpha value is -1.52. The molecule has 5 nitrogen and oxygen atoms in total. The van der Waals surface area contributed by atoms with Crippen LogP contribution in [0.25, 0.3) is 0 Å². The molecule has 4 N–H and O–H groups in total. The van der Waals surface area contributed by atoms with E-state index in [1.165, 1.54) is 4.68 Å². The van der Waals surface area contributed by atoms with E-state index in [2.05, 4.69) is 10.1 Å². The van der Waals surface area contributed by atoms with Gasteiger partial charge in [0.1, 0.15) is 5.82 Å². The Kier molecular flexibility index (Phi) is 1.57. The first-order valence-corrected chi connectivity index (χ1v) is 2.80. The number of guanidine groups is 1. The summed E-state index contributed by atoms with van der Waals surface area (Å²) in [7, 11) is 0. The number of hydrogen-bond acceptors (Lipinski definition) is 2. The summed E-state index contributed by atoms with van der Waals surface area (Å²) in [6.45, 7) is 1.81. The van der Waals surface area contributed by atoms with Gasteiger partial charge in [-0.05, 0) is 6.92 Å². The van der Waals surface area contributed by atoms with Gasteiger partial charge in [0.05, 0.1) is 0 Å². The summed E-state index contributed by atoms with van der Waals surface area (Å²) in [6.07, 6.45) is 3.30. The number of nitrogens with zero attached hydrogens (tertiary/aromatic N) is 3. The molecule has 1 heterocycles. The average Bonchev–Trinajstić information content (AvgIpc) is 2.15. The highest BCUT2D eigenvalue weighted by atomic mass is 15.4. The van der Waals surface area contributed by atoms with Crippen LogP contribution >= 0.6 is 0 Å².